The van der Waals surface area contributed by atoms with Gasteiger partial charge in [0.05, 0.1) is 18.8 Å². The molecular formula is C14H22N2O2. The van der Waals surface area contributed by atoms with Crippen molar-refractivity contribution < 1.29 is 9.21 Å². The van der Waals surface area contributed by atoms with Gasteiger partial charge in [0, 0.05) is 6.04 Å². The third-order valence-electron chi connectivity index (χ3n) is 3.33. The van der Waals surface area contributed by atoms with Crippen molar-refractivity contribution in [2.75, 3.05) is 0 Å². The molecule has 1 aliphatic carbocycles. The third-order valence-corrected chi connectivity index (χ3v) is 3.33. The van der Waals surface area contributed by atoms with Crippen LogP contribution in [0.5, 0.6) is 0 Å². The Kier molecular flexibility index (Phi) is 4.42. The fourth-order valence-corrected chi connectivity index (χ4v) is 2.16. The summed E-state index contributed by atoms with van der Waals surface area (Å²) in [6.45, 7) is 4.50. The van der Waals surface area contributed by atoms with Gasteiger partial charge in [-0.1, -0.05) is 12.8 Å². The molecule has 4 nitrogen and oxygen atoms in total. The van der Waals surface area contributed by atoms with Crippen molar-refractivity contribution in [3.8, 4) is 0 Å². The summed E-state index contributed by atoms with van der Waals surface area (Å²) in [7, 11) is 0. The molecule has 0 aromatic carbocycles. The number of carbonyl (C=O) groups is 1. The number of hydrogen-bond donors (Lipinski definition) is 2. The minimum Gasteiger partial charge on any atom is -0.467 e. The van der Waals surface area contributed by atoms with E-state index in [2.05, 4.69) is 17.6 Å². The largest absolute Gasteiger partial charge is 0.467 e. The summed E-state index contributed by atoms with van der Waals surface area (Å²) in [5.74, 6) is 1.68. The lowest BCUT2D eigenvalue weighted by atomic mass is 10.1. The molecule has 2 atom stereocenters. The monoisotopic (exact) mass is 250 g/mol. The highest BCUT2D eigenvalue weighted by molar-refractivity contribution is 5.81. The van der Waals surface area contributed by atoms with Crippen molar-refractivity contribution in [3.63, 3.8) is 0 Å². The van der Waals surface area contributed by atoms with E-state index in [0.717, 1.165) is 11.7 Å². The minimum atomic E-state index is -0.159. The van der Waals surface area contributed by atoms with Crippen molar-refractivity contribution in [3.05, 3.63) is 24.2 Å². The second kappa shape index (κ2) is 6.05. The van der Waals surface area contributed by atoms with Crippen molar-refractivity contribution in [1.82, 2.24) is 10.6 Å². The van der Waals surface area contributed by atoms with Crippen molar-refractivity contribution in [2.24, 2.45) is 5.92 Å². The van der Waals surface area contributed by atoms with Gasteiger partial charge in [0.25, 0.3) is 0 Å². The maximum Gasteiger partial charge on any atom is 0.237 e. The van der Waals surface area contributed by atoms with Gasteiger partial charge in [-0.3, -0.25) is 4.79 Å². The summed E-state index contributed by atoms with van der Waals surface area (Å²) in [5.41, 5.74) is 0. The van der Waals surface area contributed by atoms with Crippen LogP contribution in [0.4, 0.5) is 0 Å². The van der Waals surface area contributed by atoms with E-state index in [1.54, 1.807) is 6.26 Å². The predicted molar refractivity (Wildman–Crippen MR) is 70.0 cm³/mol. The number of nitrogens with one attached hydrogen (secondary N) is 2. The van der Waals surface area contributed by atoms with E-state index < -0.39 is 0 Å². The van der Waals surface area contributed by atoms with Crippen LogP contribution < -0.4 is 10.6 Å². The first-order valence-electron chi connectivity index (χ1n) is 6.71. The zero-order valence-electron chi connectivity index (χ0n) is 11.1. The van der Waals surface area contributed by atoms with E-state index in [9.17, 15) is 4.79 Å². The molecule has 1 heterocycles. The van der Waals surface area contributed by atoms with E-state index in [1.807, 2.05) is 19.1 Å². The van der Waals surface area contributed by atoms with Crippen molar-refractivity contribution in [1.29, 1.82) is 0 Å². The van der Waals surface area contributed by atoms with Crippen LogP contribution in [0.1, 0.15) is 38.9 Å². The first-order valence-corrected chi connectivity index (χ1v) is 6.71. The number of furan rings is 1. The van der Waals surface area contributed by atoms with Crippen molar-refractivity contribution in [2.45, 2.75) is 51.7 Å². The Labute approximate surface area is 108 Å². The van der Waals surface area contributed by atoms with E-state index in [0.29, 0.717) is 12.6 Å². The van der Waals surface area contributed by atoms with Gasteiger partial charge in [-0.05, 0) is 38.3 Å². The zero-order chi connectivity index (χ0) is 13.0. The molecule has 2 unspecified atom stereocenters. The van der Waals surface area contributed by atoms with Crippen LogP contribution in [0.25, 0.3) is 0 Å². The molecule has 1 aliphatic rings. The number of hydrogen-bond acceptors (Lipinski definition) is 3. The topological polar surface area (TPSA) is 54.3 Å². The van der Waals surface area contributed by atoms with Crippen LogP contribution in [0.15, 0.2) is 22.8 Å². The van der Waals surface area contributed by atoms with Gasteiger partial charge >= 0.3 is 0 Å². The third kappa shape index (κ3) is 4.18. The molecule has 0 radical (unpaired) electrons. The lowest BCUT2D eigenvalue weighted by molar-refractivity contribution is -0.123. The molecule has 2 N–H and O–H groups in total. The standard InChI is InChI=1S/C14H22N2O2/c1-10(8-12-5-6-12)16-11(2)14(17)15-9-13-4-3-7-18-13/h3-4,7,10-12,16H,5-6,8-9H2,1-2H3,(H,15,17). The first-order chi connectivity index (χ1) is 8.65. The van der Waals surface area contributed by atoms with E-state index in [-0.39, 0.29) is 11.9 Å². The van der Waals surface area contributed by atoms with Crippen LogP contribution in [0.3, 0.4) is 0 Å². The average Bonchev–Trinajstić information content (AvgIpc) is 2.98. The van der Waals surface area contributed by atoms with Crippen LogP contribution in [-0.2, 0) is 11.3 Å². The summed E-state index contributed by atoms with van der Waals surface area (Å²) in [6.07, 6.45) is 5.49. The normalized spacial score (nSPS) is 18.3. The molecule has 100 valence electrons. The molecule has 18 heavy (non-hydrogen) atoms. The fraction of sp³-hybridized carbons (Fsp3) is 0.643. The van der Waals surface area contributed by atoms with Gasteiger partial charge in [0.15, 0.2) is 0 Å². The molecule has 1 fully saturated rings. The predicted octanol–water partition coefficient (Wildman–Crippen LogP) is 2.06. The highest BCUT2D eigenvalue weighted by atomic mass is 16.3. The van der Waals surface area contributed by atoms with E-state index in [4.69, 9.17) is 4.42 Å². The molecule has 0 spiro atoms. The molecular weight excluding hydrogens is 228 g/mol. The lowest BCUT2D eigenvalue weighted by Crippen LogP contribution is -2.45. The Morgan fingerprint density at radius 2 is 2.28 bits per heavy atom. The number of carbonyl (C=O) groups excluding carboxylic acids is 1. The summed E-state index contributed by atoms with van der Waals surface area (Å²) in [5, 5.41) is 6.20. The molecule has 1 saturated carbocycles. The number of rotatable bonds is 7. The van der Waals surface area contributed by atoms with Crippen molar-refractivity contribution >= 4 is 5.91 Å². The molecule has 0 bridgehead atoms. The quantitative estimate of drug-likeness (QED) is 0.779. The van der Waals surface area contributed by atoms with Crippen LogP contribution >= 0.6 is 0 Å². The lowest BCUT2D eigenvalue weighted by Gasteiger charge is -2.19. The maximum atomic E-state index is 11.9. The van der Waals surface area contributed by atoms with Gasteiger partial charge < -0.3 is 15.1 Å². The maximum absolute atomic E-state index is 11.9. The molecule has 1 aromatic rings. The Hall–Kier alpha value is -1.29. The Morgan fingerprint density at radius 3 is 2.89 bits per heavy atom. The fourth-order valence-electron chi connectivity index (χ4n) is 2.16. The highest BCUT2D eigenvalue weighted by Crippen LogP contribution is 2.33. The summed E-state index contributed by atoms with van der Waals surface area (Å²) < 4.78 is 5.17. The molecule has 0 aliphatic heterocycles. The minimum absolute atomic E-state index is 0.0223. The Bertz CT molecular complexity index is 371. The van der Waals surface area contributed by atoms with Gasteiger partial charge in [-0.15, -0.1) is 0 Å². The van der Waals surface area contributed by atoms with Gasteiger partial charge in [0.2, 0.25) is 5.91 Å². The summed E-state index contributed by atoms with van der Waals surface area (Å²) in [6, 6.07) is 3.92. The van der Waals surface area contributed by atoms with Gasteiger partial charge in [-0.2, -0.15) is 0 Å². The first kappa shape index (κ1) is 13.1. The SMILES string of the molecule is CC(CC1CC1)NC(C)C(=O)NCc1ccco1. The smallest absolute Gasteiger partial charge is 0.237 e. The van der Waals surface area contributed by atoms with Gasteiger partial charge in [-0.25, -0.2) is 0 Å². The molecule has 0 saturated heterocycles. The molecule has 1 amide bonds. The molecule has 1 aromatic heterocycles. The second-order valence-corrected chi connectivity index (χ2v) is 5.27. The molecule has 2 rings (SSSR count). The second-order valence-electron chi connectivity index (χ2n) is 5.27. The van der Waals surface area contributed by atoms with Crippen LogP contribution in [0.2, 0.25) is 0 Å². The highest BCUT2D eigenvalue weighted by Gasteiger charge is 2.25. The average molecular weight is 250 g/mol. The van der Waals surface area contributed by atoms with E-state index >= 15 is 0 Å². The van der Waals surface area contributed by atoms with E-state index in [1.165, 1.54) is 19.3 Å². The summed E-state index contributed by atoms with van der Waals surface area (Å²) >= 11 is 0. The Morgan fingerprint density at radius 1 is 1.50 bits per heavy atom. The zero-order valence-corrected chi connectivity index (χ0v) is 11.1. The van der Waals surface area contributed by atoms with Crippen LogP contribution in [0, 0.1) is 5.92 Å². The van der Waals surface area contributed by atoms with Gasteiger partial charge in [0.1, 0.15) is 5.76 Å². The Balaban J connectivity index is 1.67. The summed E-state index contributed by atoms with van der Waals surface area (Å²) in [4.78, 5) is 11.9. The molecule has 4 heteroatoms. The van der Waals surface area contributed by atoms with Crippen LogP contribution in [-0.4, -0.2) is 18.0 Å². The number of amides is 1.